The highest BCUT2D eigenvalue weighted by Crippen LogP contribution is 2.27. The lowest BCUT2D eigenvalue weighted by Crippen LogP contribution is -2.31. The van der Waals surface area contributed by atoms with Crippen LogP contribution in [0.5, 0.6) is 0 Å². The molecule has 1 aromatic carbocycles. The number of halogens is 3. The molecule has 0 aliphatic heterocycles. The smallest absolute Gasteiger partial charge is 0.389 e. The third kappa shape index (κ3) is 3.41. The molecule has 0 aliphatic rings. The van der Waals surface area contributed by atoms with Crippen molar-refractivity contribution in [2.75, 3.05) is 18.5 Å². The minimum Gasteiger partial charge on any atom is -0.389 e. The number of anilines is 1. The summed E-state index contributed by atoms with van der Waals surface area (Å²) in [5.74, 6) is 0. The van der Waals surface area contributed by atoms with Gasteiger partial charge in [-0.15, -0.1) is 0 Å². The largest absolute Gasteiger partial charge is 0.405 e. The summed E-state index contributed by atoms with van der Waals surface area (Å²) in [4.78, 5) is 1.09. The third-order valence-electron chi connectivity index (χ3n) is 2.21. The number of para-hydroxylation sites is 1. The summed E-state index contributed by atoms with van der Waals surface area (Å²) in [5.41, 5.74) is 0.893. The molecule has 0 heterocycles. The molecular weight excluding hydrogens is 219 g/mol. The van der Waals surface area contributed by atoms with E-state index in [1.807, 2.05) is 0 Å². The number of hydrogen-bond donors (Lipinski definition) is 1. The van der Waals surface area contributed by atoms with E-state index in [1.54, 1.807) is 24.3 Å². The fraction of sp³-hybridized carbons (Fsp3) is 0.455. The molecule has 0 spiro atoms. The number of aliphatic hydroxyl groups is 1. The lowest BCUT2D eigenvalue weighted by molar-refractivity contribution is -0.119. The summed E-state index contributed by atoms with van der Waals surface area (Å²) >= 11 is 0. The average Bonchev–Trinajstić information content (AvgIpc) is 2.15. The lowest BCUT2D eigenvalue weighted by atomic mass is 10.1. The molecule has 1 N–H and O–H groups in total. The maximum absolute atomic E-state index is 12.2. The Hall–Kier alpha value is -1.23. The molecule has 0 aromatic heterocycles. The Kier molecular flexibility index (Phi) is 3.80. The molecule has 1 unspecified atom stereocenters. The zero-order valence-corrected chi connectivity index (χ0v) is 9.12. The van der Waals surface area contributed by atoms with Gasteiger partial charge in [-0.2, -0.15) is 13.2 Å². The van der Waals surface area contributed by atoms with Gasteiger partial charge >= 0.3 is 6.18 Å². The molecule has 5 heteroatoms. The minimum absolute atomic E-state index is 0.398. The predicted molar refractivity (Wildman–Crippen MR) is 56.4 cm³/mol. The number of hydrogen-bond acceptors (Lipinski definition) is 2. The standard InChI is InChI=1S/C11H14F3NO/c1-8(16)9-5-3-4-6-10(9)15(2)7-11(12,13)14/h3-6,8,16H,7H2,1-2H3. The SMILES string of the molecule is CC(O)c1ccccc1N(C)CC(F)(F)F. The normalized spacial score (nSPS) is 13.6. The topological polar surface area (TPSA) is 23.5 Å². The first kappa shape index (κ1) is 12.8. The molecule has 1 atom stereocenters. The molecule has 16 heavy (non-hydrogen) atoms. The van der Waals surface area contributed by atoms with Crippen LogP contribution < -0.4 is 4.90 Å². The first-order chi connectivity index (χ1) is 7.31. The van der Waals surface area contributed by atoms with Gasteiger partial charge in [0.15, 0.2) is 0 Å². The second-order valence-corrected chi connectivity index (χ2v) is 3.71. The second kappa shape index (κ2) is 4.74. The van der Waals surface area contributed by atoms with Gasteiger partial charge in [-0.3, -0.25) is 0 Å². The van der Waals surface area contributed by atoms with Crippen molar-refractivity contribution >= 4 is 5.69 Å². The summed E-state index contributed by atoms with van der Waals surface area (Å²) in [7, 11) is 1.36. The van der Waals surface area contributed by atoms with Crippen molar-refractivity contribution in [3.63, 3.8) is 0 Å². The van der Waals surface area contributed by atoms with Crippen LogP contribution in [-0.4, -0.2) is 24.9 Å². The fourth-order valence-electron chi connectivity index (χ4n) is 1.54. The van der Waals surface area contributed by atoms with Gasteiger partial charge in [0.25, 0.3) is 0 Å². The minimum atomic E-state index is -4.25. The van der Waals surface area contributed by atoms with E-state index in [0.717, 1.165) is 4.90 Å². The average molecular weight is 233 g/mol. The van der Waals surface area contributed by atoms with Crippen LogP contribution in [-0.2, 0) is 0 Å². The van der Waals surface area contributed by atoms with Crippen molar-refractivity contribution in [1.29, 1.82) is 0 Å². The number of rotatable bonds is 3. The number of benzene rings is 1. The summed E-state index contributed by atoms with van der Waals surface area (Å²) in [6, 6.07) is 6.52. The van der Waals surface area contributed by atoms with Gasteiger partial charge in [0.05, 0.1) is 6.10 Å². The molecule has 1 aromatic rings. The molecule has 0 bridgehead atoms. The van der Waals surface area contributed by atoms with Crippen LogP contribution in [0.2, 0.25) is 0 Å². The molecule has 0 saturated carbocycles. The van der Waals surface area contributed by atoms with Crippen LogP contribution in [0.15, 0.2) is 24.3 Å². The molecule has 0 radical (unpaired) electrons. The third-order valence-corrected chi connectivity index (χ3v) is 2.21. The zero-order valence-electron chi connectivity index (χ0n) is 9.12. The van der Waals surface area contributed by atoms with Gasteiger partial charge < -0.3 is 10.0 Å². The van der Waals surface area contributed by atoms with Crippen LogP contribution in [0, 0.1) is 0 Å². The maximum Gasteiger partial charge on any atom is 0.405 e. The van der Waals surface area contributed by atoms with Crippen molar-refractivity contribution in [1.82, 2.24) is 0 Å². The number of aliphatic hydroxyl groups excluding tert-OH is 1. The Morgan fingerprint density at radius 3 is 2.38 bits per heavy atom. The number of alkyl halides is 3. The Labute approximate surface area is 92.3 Å². The van der Waals surface area contributed by atoms with E-state index in [0.29, 0.717) is 11.3 Å². The van der Waals surface area contributed by atoms with Crippen molar-refractivity contribution in [3.05, 3.63) is 29.8 Å². The summed E-state index contributed by atoms with van der Waals surface area (Å²) in [6.45, 7) is 0.497. The van der Waals surface area contributed by atoms with Crippen molar-refractivity contribution in [2.24, 2.45) is 0 Å². The maximum atomic E-state index is 12.2. The predicted octanol–water partition coefficient (Wildman–Crippen LogP) is 2.74. The van der Waals surface area contributed by atoms with E-state index in [1.165, 1.54) is 14.0 Å². The van der Waals surface area contributed by atoms with Gasteiger partial charge in [-0.25, -0.2) is 0 Å². The Morgan fingerprint density at radius 2 is 1.88 bits per heavy atom. The molecule has 0 aliphatic carbocycles. The first-order valence-corrected chi connectivity index (χ1v) is 4.86. The Balaban J connectivity index is 2.95. The highest BCUT2D eigenvalue weighted by atomic mass is 19.4. The Morgan fingerprint density at radius 1 is 1.31 bits per heavy atom. The lowest BCUT2D eigenvalue weighted by Gasteiger charge is -2.24. The van der Waals surface area contributed by atoms with Gasteiger partial charge in [0, 0.05) is 18.3 Å². The van der Waals surface area contributed by atoms with Gasteiger partial charge in [-0.1, -0.05) is 18.2 Å². The van der Waals surface area contributed by atoms with E-state index in [9.17, 15) is 18.3 Å². The molecule has 0 saturated heterocycles. The van der Waals surface area contributed by atoms with Crippen LogP contribution in [0.1, 0.15) is 18.6 Å². The van der Waals surface area contributed by atoms with Gasteiger partial charge in [0.2, 0.25) is 0 Å². The van der Waals surface area contributed by atoms with Crippen LogP contribution in [0.4, 0.5) is 18.9 Å². The zero-order chi connectivity index (χ0) is 12.3. The first-order valence-electron chi connectivity index (χ1n) is 4.86. The summed E-state index contributed by atoms with van der Waals surface area (Å²) < 4.78 is 36.7. The molecule has 2 nitrogen and oxygen atoms in total. The van der Waals surface area contributed by atoms with Crippen LogP contribution in [0.3, 0.4) is 0 Å². The molecule has 1 rings (SSSR count). The van der Waals surface area contributed by atoms with Crippen molar-refractivity contribution < 1.29 is 18.3 Å². The number of nitrogens with zero attached hydrogens (tertiary/aromatic N) is 1. The van der Waals surface area contributed by atoms with Crippen molar-refractivity contribution in [2.45, 2.75) is 19.2 Å². The van der Waals surface area contributed by atoms with E-state index in [4.69, 9.17) is 0 Å². The van der Waals surface area contributed by atoms with E-state index in [2.05, 4.69) is 0 Å². The van der Waals surface area contributed by atoms with Crippen LogP contribution >= 0.6 is 0 Å². The van der Waals surface area contributed by atoms with Crippen molar-refractivity contribution in [3.8, 4) is 0 Å². The van der Waals surface area contributed by atoms with E-state index in [-0.39, 0.29) is 0 Å². The van der Waals surface area contributed by atoms with E-state index >= 15 is 0 Å². The van der Waals surface area contributed by atoms with Gasteiger partial charge in [0.1, 0.15) is 6.54 Å². The fourth-order valence-corrected chi connectivity index (χ4v) is 1.54. The molecule has 0 fully saturated rings. The molecular formula is C11H14F3NO. The summed E-state index contributed by atoms with van der Waals surface area (Å²) in [5, 5.41) is 9.44. The monoisotopic (exact) mass is 233 g/mol. The quantitative estimate of drug-likeness (QED) is 0.867. The molecule has 90 valence electrons. The second-order valence-electron chi connectivity index (χ2n) is 3.71. The van der Waals surface area contributed by atoms with Crippen LogP contribution in [0.25, 0.3) is 0 Å². The summed E-state index contributed by atoms with van der Waals surface area (Å²) in [6.07, 6.45) is -5.03. The highest BCUT2D eigenvalue weighted by molar-refractivity contribution is 5.54. The highest BCUT2D eigenvalue weighted by Gasteiger charge is 2.30. The van der Waals surface area contributed by atoms with E-state index < -0.39 is 18.8 Å². The van der Waals surface area contributed by atoms with Gasteiger partial charge in [-0.05, 0) is 13.0 Å². The Bertz CT molecular complexity index is 349. The molecule has 0 amide bonds.